The maximum atomic E-state index is 13.9. The van der Waals surface area contributed by atoms with Crippen LogP contribution >= 0.6 is 24.0 Å². The van der Waals surface area contributed by atoms with Crippen molar-refractivity contribution in [3.63, 3.8) is 0 Å². The van der Waals surface area contributed by atoms with Crippen molar-refractivity contribution in [2.75, 3.05) is 20.1 Å². The van der Waals surface area contributed by atoms with E-state index < -0.39 is 0 Å². The Balaban J connectivity index is 0.00000242. The Morgan fingerprint density at radius 1 is 1.50 bits per heavy atom. The first-order valence-corrected chi connectivity index (χ1v) is 7.53. The summed E-state index contributed by atoms with van der Waals surface area (Å²) in [5, 5.41) is 0.403. The molecule has 1 fully saturated rings. The van der Waals surface area contributed by atoms with Crippen molar-refractivity contribution in [3.8, 4) is 0 Å². The van der Waals surface area contributed by atoms with E-state index in [9.17, 15) is 9.18 Å². The lowest BCUT2D eigenvalue weighted by Gasteiger charge is -2.29. The number of rotatable bonds is 5. The fourth-order valence-corrected chi connectivity index (χ4v) is 3.02. The summed E-state index contributed by atoms with van der Waals surface area (Å²) in [6.45, 7) is 5.15. The number of hydrogen-bond acceptors (Lipinski definition) is 2. The van der Waals surface area contributed by atoms with Crippen LogP contribution in [0.3, 0.4) is 0 Å². The van der Waals surface area contributed by atoms with E-state index in [4.69, 9.17) is 17.3 Å². The maximum absolute atomic E-state index is 13.9. The molecule has 1 aromatic rings. The molecule has 22 heavy (non-hydrogen) atoms. The monoisotopic (exact) mass is 348 g/mol. The highest BCUT2D eigenvalue weighted by Gasteiger charge is 2.47. The smallest absolute Gasteiger partial charge is 0.226 e. The van der Waals surface area contributed by atoms with Crippen LogP contribution < -0.4 is 5.73 Å². The standard InChI is InChI=1S/C16H22ClFN2O.ClH/c1-16(2,8-19)9-20(3)15(21)11-7-10(11)14-12(17)5-4-6-13(14)18;/h4-6,10-11H,7-9,19H2,1-3H3;1H. The highest BCUT2D eigenvalue weighted by molar-refractivity contribution is 6.31. The molecule has 0 bridgehead atoms. The Bertz CT molecular complexity index is 531. The normalized spacial score (nSPS) is 20.3. The van der Waals surface area contributed by atoms with Crippen LogP contribution in [0.5, 0.6) is 0 Å². The van der Waals surface area contributed by atoms with Crippen molar-refractivity contribution in [1.82, 2.24) is 4.90 Å². The Kier molecular flexibility index (Phi) is 6.25. The molecule has 0 saturated heterocycles. The fourth-order valence-electron chi connectivity index (χ4n) is 2.72. The van der Waals surface area contributed by atoms with Gasteiger partial charge in [0, 0.05) is 36.0 Å². The molecule has 6 heteroatoms. The molecule has 1 amide bonds. The van der Waals surface area contributed by atoms with Gasteiger partial charge in [-0.25, -0.2) is 4.39 Å². The van der Waals surface area contributed by atoms with Gasteiger partial charge in [-0.3, -0.25) is 4.79 Å². The predicted octanol–water partition coefficient (Wildman–Crippen LogP) is 3.45. The molecule has 1 aliphatic carbocycles. The van der Waals surface area contributed by atoms with E-state index in [0.29, 0.717) is 30.1 Å². The average Bonchev–Trinajstić information content (AvgIpc) is 3.17. The summed E-state index contributed by atoms with van der Waals surface area (Å²) in [5.41, 5.74) is 6.05. The van der Waals surface area contributed by atoms with Crippen LogP contribution in [0.25, 0.3) is 0 Å². The lowest BCUT2D eigenvalue weighted by molar-refractivity contribution is -0.132. The zero-order chi connectivity index (χ0) is 15.8. The van der Waals surface area contributed by atoms with E-state index in [0.717, 1.165) is 0 Å². The molecule has 1 aromatic carbocycles. The topological polar surface area (TPSA) is 46.3 Å². The van der Waals surface area contributed by atoms with E-state index in [1.165, 1.54) is 6.07 Å². The first-order valence-electron chi connectivity index (χ1n) is 7.16. The first kappa shape index (κ1) is 19.2. The van der Waals surface area contributed by atoms with Crippen molar-refractivity contribution >= 4 is 29.9 Å². The van der Waals surface area contributed by atoms with E-state index in [2.05, 4.69) is 0 Å². The zero-order valence-corrected chi connectivity index (χ0v) is 14.7. The molecule has 124 valence electrons. The highest BCUT2D eigenvalue weighted by Crippen LogP contribution is 2.51. The number of hydrogen-bond donors (Lipinski definition) is 1. The minimum Gasteiger partial charge on any atom is -0.345 e. The van der Waals surface area contributed by atoms with Crippen LogP contribution in [0.15, 0.2) is 18.2 Å². The lowest BCUT2D eigenvalue weighted by Crippen LogP contribution is -2.40. The molecule has 0 aromatic heterocycles. The van der Waals surface area contributed by atoms with E-state index in [1.54, 1.807) is 24.1 Å². The van der Waals surface area contributed by atoms with Crippen LogP contribution in [0, 0.1) is 17.2 Å². The van der Waals surface area contributed by atoms with Gasteiger partial charge in [0.1, 0.15) is 5.82 Å². The van der Waals surface area contributed by atoms with E-state index in [-0.39, 0.29) is 41.4 Å². The summed E-state index contributed by atoms with van der Waals surface area (Å²) in [5.74, 6) is -0.554. The van der Waals surface area contributed by atoms with Crippen molar-refractivity contribution in [3.05, 3.63) is 34.6 Å². The Morgan fingerprint density at radius 2 is 2.14 bits per heavy atom. The predicted molar refractivity (Wildman–Crippen MR) is 90.0 cm³/mol. The van der Waals surface area contributed by atoms with Gasteiger partial charge >= 0.3 is 0 Å². The molecule has 0 aliphatic heterocycles. The third kappa shape index (κ3) is 4.12. The van der Waals surface area contributed by atoms with E-state index in [1.807, 2.05) is 13.8 Å². The molecular formula is C16H23Cl2FN2O. The van der Waals surface area contributed by atoms with Gasteiger partial charge in [-0.05, 0) is 30.5 Å². The van der Waals surface area contributed by atoms with Gasteiger partial charge in [0.15, 0.2) is 0 Å². The molecule has 3 nitrogen and oxygen atoms in total. The molecule has 0 spiro atoms. The second kappa shape index (κ2) is 7.16. The van der Waals surface area contributed by atoms with Crippen molar-refractivity contribution in [2.45, 2.75) is 26.2 Å². The number of amides is 1. The van der Waals surface area contributed by atoms with Crippen LogP contribution in [0.4, 0.5) is 4.39 Å². The van der Waals surface area contributed by atoms with Gasteiger partial charge < -0.3 is 10.6 Å². The number of carbonyl (C=O) groups is 1. The van der Waals surface area contributed by atoms with Crippen molar-refractivity contribution in [1.29, 1.82) is 0 Å². The summed E-state index contributed by atoms with van der Waals surface area (Å²) < 4.78 is 13.9. The average molecular weight is 349 g/mol. The molecule has 1 aliphatic rings. The fraction of sp³-hybridized carbons (Fsp3) is 0.562. The second-order valence-corrected chi connectivity index (χ2v) is 7.05. The number of benzene rings is 1. The van der Waals surface area contributed by atoms with Crippen LogP contribution in [-0.4, -0.2) is 30.9 Å². The molecule has 1 saturated carbocycles. The van der Waals surface area contributed by atoms with Crippen molar-refractivity contribution < 1.29 is 9.18 Å². The first-order chi connectivity index (χ1) is 9.76. The second-order valence-electron chi connectivity index (χ2n) is 6.65. The molecule has 2 rings (SSSR count). The summed E-state index contributed by atoms with van der Waals surface area (Å²) in [4.78, 5) is 14.1. The SMILES string of the molecule is CN(CC(C)(C)CN)C(=O)C1CC1c1c(F)cccc1Cl.Cl. The Morgan fingerprint density at radius 3 is 2.68 bits per heavy atom. The quantitative estimate of drug-likeness (QED) is 0.885. The molecule has 2 N–H and O–H groups in total. The Labute approximate surface area is 142 Å². The van der Waals surface area contributed by atoms with Crippen LogP contribution in [0.1, 0.15) is 31.7 Å². The van der Waals surface area contributed by atoms with Gasteiger partial charge in [0.2, 0.25) is 5.91 Å². The van der Waals surface area contributed by atoms with Gasteiger partial charge in [-0.15, -0.1) is 12.4 Å². The molecule has 0 heterocycles. The molecular weight excluding hydrogens is 326 g/mol. The maximum Gasteiger partial charge on any atom is 0.226 e. The molecule has 2 unspecified atom stereocenters. The third-order valence-corrected chi connectivity index (χ3v) is 4.40. The Hall–Kier alpha value is -0.840. The van der Waals surface area contributed by atoms with E-state index >= 15 is 0 Å². The molecule has 2 atom stereocenters. The van der Waals surface area contributed by atoms with Gasteiger partial charge in [-0.2, -0.15) is 0 Å². The summed E-state index contributed by atoms with van der Waals surface area (Å²) in [6, 6.07) is 4.64. The van der Waals surface area contributed by atoms with Gasteiger partial charge in [0.25, 0.3) is 0 Å². The summed E-state index contributed by atoms with van der Waals surface area (Å²) >= 11 is 6.06. The number of nitrogens with zero attached hydrogens (tertiary/aromatic N) is 1. The van der Waals surface area contributed by atoms with Gasteiger partial charge in [0.05, 0.1) is 0 Å². The van der Waals surface area contributed by atoms with Crippen LogP contribution in [-0.2, 0) is 4.79 Å². The lowest BCUT2D eigenvalue weighted by atomic mass is 9.93. The number of nitrogens with two attached hydrogens (primary N) is 1. The summed E-state index contributed by atoms with van der Waals surface area (Å²) in [7, 11) is 1.78. The van der Waals surface area contributed by atoms with Crippen LogP contribution in [0.2, 0.25) is 5.02 Å². The number of halogens is 3. The minimum absolute atomic E-state index is 0. The molecule has 0 radical (unpaired) electrons. The van der Waals surface area contributed by atoms with Crippen molar-refractivity contribution in [2.24, 2.45) is 17.1 Å². The largest absolute Gasteiger partial charge is 0.345 e. The minimum atomic E-state index is -0.326. The van der Waals surface area contributed by atoms with Gasteiger partial charge in [-0.1, -0.05) is 31.5 Å². The third-order valence-electron chi connectivity index (χ3n) is 4.07. The number of carbonyl (C=O) groups excluding carboxylic acids is 1. The summed E-state index contributed by atoms with van der Waals surface area (Å²) in [6.07, 6.45) is 0.660. The highest BCUT2D eigenvalue weighted by atomic mass is 35.5. The zero-order valence-electron chi connectivity index (χ0n) is 13.1.